The third-order valence-corrected chi connectivity index (χ3v) is 4.34. The van der Waals surface area contributed by atoms with E-state index >= 15 is 0 Å². The van der Waals surface area contributed by atoms with Crippen molar-refractivity contribution in [2.24, 2.45) is 5.92 Å². The van der Waals surface area contributed by atoms with E-state index in [1.807, 2.05) is 0 Å². The summed E-state index contributed by atoms with van der Waals surface area (Å²) in [5.74, 6) is 1.34. The van der Waals surface area contributed by atoms with Gasteiger partial charge in [0, 0.05) is 17.9 Å². The summed E-state index contributed by atoms with van der Waals surface area (Å²) in [6, 6.07) is 0. The Balaban J connectivity index is 1.63. The van der Waals surface area contributed by atoms with Gasteiger partial charge in [-0.15, -0.1) is 11.3 Å². The molecule has 0 amide bonds. The molecule has 0 aromatic carbocycles. The van der Waals surface area contributed by atoms with E-state index in [2.05, 4.69) is 29.5 Å². The van der Waals surface area contributed by atoms with Gasteiger partial charge in [0.2, 0.25) is 0 Å². The standard InChI is InChI=1S/C13H22N2OS/c1-10(2)13-15-12(9-17-13)8-16-6-4-11-3-5-14-7-11/h9-11,14H,3-8H2,1-2H3. The van der Waals surface area contributed by atoms with Gasteiger partial charge in [-0.25, -0.2) is 4.98 Å². The lowest BCUT2D eigenvalue weighted by atomic mass is 10.1. The fraction of sp³-hybridized carbons (Fsp3) is 0.769. The number of ether oxygens (including phenoxy) is 1. The van der Waals surface area contributed by atoms with Crippen molar-refractivity contribution >= 4 is 11.3 Å². The number of nitrogens with one attached hydrogen (secondary N) is 1. The molecular formula is C13H22N2OS. The minimum Gasteiger partial charge on any atom is -0.375 e. The van der Waals surface area contributed by atoms with E-state index in [1.165, 1.54) is 24.4 Å². The van der Waals surface area contributed by atoms with E-state index in [4.69, 9.17) is 4.74 Å². The predicted octanol–water partition coefficient (Wildman–Crippen LogP) is 2.78. The molecule has 1 N–H and O–H groups in total. The molecule has 1 unspecified atom stereocenters. The van der Waals surface area contributed by atoms with Gasteiger partial charge in [-0.2, -0.15) is 0 Å². The van der Waals surface area contributed by atoms with Gasteiger partial charge in [-0.3, -0.25) is 0 Å². The van der Waals surface area contributed by atoms with Crippen molar-refractivity contribution in [2.45, 2.75) is 39.2 Å². The van der Waals surface area contributed by atoms with Crippen LogP contribution in [0.15, 0.2) is 5.38 Å². The Bertz CT molecular complexity index is 332. The Hall–Kier alpha value is -0.450. The fourth-order valence-electron chi connectivity index (χ4n) is 2.04. The molecule has 1 atom stereocenters. The van der Waals surface area contributed by atoms with Crippen LogP contribution in [0.5, 0.6) is 0 Å². The normalized spacial score (nSPS) is 20.3. The molecule has 96 valence electrons. The summed E-state index contributed by atoms with van der Waals surface area (Å²) in [7, 11) is 0. The summed E-state index contributed by atoms with van der Waals surface area (Å²) in [6.07, 6.45) is 2.48. The topological polar surface area (TPSA) is 34.1 Å². The SMILES string of the molecule is CC(C)c1nc(COCCC2CCNC2)cs1. The van der Waals surface area contributed by atoms with Crippen LogP contribution in [0.2, 0.25) is 0 Å². The monoisotopic (exact) mass is 254 g/mol. The molecule has 0 aliphatic carbocycles. The van der Waals surface area contributed by atoms with Gasteiger partial charge in [0.25, 0.3) is 0 Å². The Kier molecular flexibility index (Phi) is 4.95. The third-order valence-electron chi connectivity index (χ3n) is 3.15. The van der Waals surface area contributed by atoms with E-state index in [0.717, 1.165) is 24.8 Å². The van der Waals surface area contributed by atoms with Crippen LogP contribution >= 0.6 is 11.3 Å². The van der Waals surface area contributed by atoms with Crippen molar-refractivity contribution < 1.29 is 4.74 Å². The Labute approximate surface area is 108 Å². The molecule has 1 fully saturated rings. The third kappa shape index (κ3) is 4.05. The highest BCUT2D eigenvalue weighted by atomic mass is 32.1. The van der Waals surface area contributed by atoms with Crippen LogP contribution in [0.1, 0.15) is 43.3 Å². The average molecular weight is 254 g/mol. The largest absolute Gasteiger partial charge is 0.375 e. The first-order valence-electron chi connectivity index (χ1n) is 6.48. The highest BCUT2D eigenvalue weighted by Crippen LogP contribution is 2.19. The zero-order valence-electron chi connectivity index (χ0n) is 10.7. The molecule has 0 spiro atoms. The van der Waals surface area contributed by atoms with Crippen molar-refractivity contribution in [3.8, 4) is 0 Å². The molecule has 1 aliphatic rings. The molecule has 1 aromatic heterocycles. The summed E-state index contributed by atoms with van der Waals surface area (Å²) < 4.78 is 5.69. The van der Waals surface area contributed by atoms with Crippen molar-refractivity contribution in [2.75, 3.05) is 19.7 Å². The van der Waals surface area contributed by atoms with Gasteiger partial charge in [0.1, 0.15) is 0 Å². The van der Waals surface area contributed by atoms with Crippen LogP contribution < -0.4 is 5.32 Å². The first-order valence-corrected chi connectivity index (χ1v) is 7.36. The summed E-state index contributed by atoms with van der Waals surface area (Å²) in [5.41, 5.74) is 1.09. The highest BCUT2D eigenvalue weighted by Gasteiger charge is 2.13. The lowest BCUT2D eigenvalue weighted by Crippen LogP contribution is -2.10. The molecule has 4 heteroatoms. The molecule has 2 rings (SSSR count). The molecule has 0 saturated carbocycles. The maximum atomic E-state index is 5.69. The first-order chi connectivity index (χ1) is 8.25. The van der Waals surface area contributed by atoms with Gasteiger partial charge in [0.05, 0.1) is 17.3 Å². The fourth-order valence-corrected chi connectivity index (χ4v) is 2.86. The van der Waals surface area contributed by atoms with Gasteiger partial charge < -0.3 is 10.1 Å². The summed E-state index contributed by atoms with van der Waals surface area (Å²) in [6.45, 7) is 8.23. The molecule has 3 nitrogen and oxygen atoms in total. The number of nitrogens with zero attached hydrogens (tertiary/aromatic N) is 1. The molecule has 2 heterocycles. The molecule has 1 aliphatic heterocycles. The number of thiazole rings is 1. The maximum Gasteiger partial charge on any atom is 0.0954 e. The smallest absolute Gasteiger partial charge is 0.0954 e. The Morgan fingerprint density at radius 2 is 2.47 bits per heavy atom. The molecule has 1 saturated heterocycles. The second-order valence-electron chi connectivity index (χ2n) is 5.03. The predicted molar refractivity (Wildman–Crippen MR) is 71.5 cm³/mol. The van der Waals surface area contributed by atoms with E-state index in [9.17, 15) is 0 Å². The number of hydrogen-bond donors (Lipinski definition) is 1. The molecule has 0 radical (unpaired) electrons. The number of aromatic nitrogens is 1. The van der Waals surface area contributed by atoms with E-state index in [-0.39, 0.29) is 0 Å². The van der Waals surface area contributed by atoms with Crippen molar-refractivity contribution in [3.05, 3.63) is 16.1 Å². The minimum absolute atomic E-state index is 0.526. The van der Waals surface area contributed by atoms with Crippen molar-refractivity contribution in [1.29, 1.82) is 0 Å². The lowest BCUT2D eigenvalue weighted by molar-refractivity contribution is 0.107. The Morgan fingerprint density at radius 1 is 1.59 bits per heavy atom. The number of rotatable bonds is 6. The summed E-state index contributed by atoms with van der Waals surface area (Å²) >= 11 is 1.74. The molecule has 0 bridgehead atoms. The molecule has 1 aromatic rings. The van der Waals surface area contributed by atoms with E-state index < -0.39 is 0 Å². The summed E-state index contributed by atoms with van der Waals surface area (Å²) in [4.78, 5) is 4.56. The van der Waals surface area contributed by atoms with E-state index in [1.54, 1.807) is 11.3 Å². The second-order valence-corrected chi connectivity index (χ2v) is 5.92. The average Bonchev–Trinajstić information content (AvgIpc) is 2.96. The summed E-state index contributed by atoms with van der Waals surface area (Å²) in [5, 5.41) is 6.71. The van der Waals surface area contributed by atoms with Crippen LogP contribution in [-0.4, -0.2) is 24.7 Å². The quantitative estimate of drug-likeness (QED) is 0.793. The van der Waals surface area contributed by atoms with Crippen LogP contribution in [-0.2, 0) is 11.3 Å². The van der Waals surface area contributed by atoms with Crippen LogP contribution in [0.25, 0.3) is 0 Å². The van der Waals surface area contributed by atoms with Crippen molar-refractivity contribution in [3.63, 3.8) is 0 Å². The molecular weight excluding hydrogens is 232 g/mol. The first kappa shape index (κ1) is 13.0. The van der Waals surface area contributed by atoms with Crippen molar-refractivity contribution in [1.82, 2.24) is 10.3 Å². The number of hydrogen-bond acceptors (Lipinski definition) is 4. The van der Waals surface area contributed by atoms with Gasteiger partial charge in [-0.1, -0.05) is 13.8 Å². The lowest BCUT2D eigenvalue weighted by Gasteiger charge is -2.07. The van der Waals surface area contributed by atoms with Gasteiger partial charge >= 0.3 is 0 Å². The van der Waals surface area contributed by atoms with Crippen LogP contribution in [0.3, 0.4) is 0 Å². The maximum absolute atomic E-state index is 5.69. The minimum atomic E-state index is 0.526. The van der Waals surface area contributed by atoms with Gasteiger partial charge in [0.15, 0.2) is 0 Å². The van der Waals surface area contributed by atoms with E-state index in [0.29, 0.717) is 12.5 Å². The van der Waals surface area contributed by atoms with Crippen LogP contribution in [0.4, 0.5) is 0 Å². The second kappa shape index (κ2) is 6.47. The highest BCUT2D eigenvalue weighted by molar-refractivity contribution is 7.09. The van der Waals surface area contributed by atoms with Crippen LogP contribution in [0, 0.1) is 5.92 Å². The Morgan fingerprint density at radius 3 is 3.12 bits per heavy atom. The zero-order valence-corrected chi connectivity index (χ0v) is 11.6. The zero-order chi connectivity index (χ0) is 12.1. The van der Waals surface area contributed by atoms with Gasteiger partial charge in [-0.05, 0) is 31.8 Å². The molecule has 17 heavy (non-hydrogen) atoms.